The van der Waals surface area contributed by atoms with E-state index in [1.54, 1.807) is 42.5 Å². The molecule has 0 aliphatic carbocycles. The fourth-order valence-corrected chi connectivity index (χ4v) is 4.11. The predicted octanol–water partition coefficient (Wildman–Crippen LogP) is 5.30. The summed E-state index contributed by atoms with van der Waals surface area (Å²) in [6, 6.07) is 21.0. The van der Waals surface area contributed by atoms with E-state index in [2.05, 4.69) is 5.32 Å². The van der Waals surface area contributed by atoms with Gasteiger partial charge in [0.15, 0.2) is 0 Å². The van der Waals surface area contributed by atoms with Crippen molar-refractivity contribution in [1.82, 2.24) is 0 Å². The Hall–Kier alpha value is -4.43. The molecular weight excluding hydrogens is 440 g/mol. The lowest BCUT2D eigenvalue weighted by atomic mass is 10.1. The highest BCUT2D eigenvalue weighted by atomic mass is 32.1. The maximum absolute atomic E-state index is 12.9. The quantitative estimate of drug-likeness (QED) is 0.398. The Balaban J connectivity index is 1.36. The number of phenols is 1. The van der Waals surface area contributed by atoms with Gasteiger partial charge >= 0.3 is 0 Å². The number of hydrogen-bond acceptors (Lipinski definition) is 6. The maximum Gasteiger partial charge on any atom is 0.266 e. The normalized spacial score (nSPS) is 12.5. The molecule has 5 rings (SSSR count). The standard InChI is InChI=1S/C25H16N2O5S/c28-17-8-6-16(7-9-17)27-24(30)20-11-10-19(14-21(20)25(27)31)32-18-4-1-3-15(13-18)26-23(29)22-5-2-12-33-22/h1-14,28H,(H,26,29). The highest BCUT2D eigenvalue weighted by Crippen LogP contribution is 2.33. The first kappa shape index (κ1) is 20.5. The second-order valence-corrected chi connectivity index (χ2v) is 8.18. The zero-order valence-electron chi connectivity index (χ0n) is 17.0. The van der Waals surface area contributed by atoms with E-state index >= 15 is 0 Å². The van der Waals surface area contributed by atoms with Gasteiger partial charge in [-0.3, -0.25) is 14.4 Å². The van der Waals surface area contributed by atoms with Crippen LogP contribution in [0.2, 0.25) is 0 Å². The lowest BCUT2D eigenvalue weighted by Gasteiger charge is -2.13. The highest BCUT2D eigenvalue weighted by Gasteiger charge is 2.37. The van der Waals surface area contributed by atoms with Crippen LogP contribution in [0.25, 0.3) is 0 Å². The van der Waals surface area contributed by atoms with Crippen molar-refractivity contribution in [1.29, 1.82) is 0 Å². The number of amides is 3. The van der Waals surface area contributed by atoms with Crippen LogP contribution in [0.4, 0.5) is 11.4 Å². The Morgan fingerprint density at radius 1 is 0.848 bits per heavy atom. The number of nitrogens with zero attached hydrogens (tertiary/aromatic N) is 1. The molecule has 0 saturated carbocycles. The number of ether oxygens (including phenoxy) is 1. The molecule has 0 spiro atoms. The van der Waals surface area contributed by atoms with Gasteiger partial charge in [-0.1, -0.05) is 12.1 Å². The van der Waals surface area contributed by atoms with Gasteiger partial charge < -0.3 is 15.2 Å². The summed E-state index contributed by atoms with van der Waals surface area (Å²) in [4.78, 5) is 39.6. The first-order valence-corrected chi connectivity index (χ1v) is 10.8. The number of aromatic hydroxyl groups is 1. The van der Waals surface area contributed by atoms with Crippen LogP contribution >= 0.6 is 11.3 Å². The molecular formula is C25H16N2O5S. The van der Waals surface area contributed by atoms with E-state index in [0.29, 0.717) is 27.8 Å². The van der Waals surface area contributed by atoms with Crippen molar-refractivity contribution >= 4 is 40.4 Å². The highest BCUT2D eigenvalue weighted by molar-refractivity contribution is 7.12. The fourth-order valence-electron chi connectivity index (χ4n) is 3.49. The molecule has 3 aromatic carbocycles. The molecule has 1 aliphatic heterocycles. The Morgan fingerprint density at radius 2 is 1.61 bits per heavy atom. The van der Waals surface area contributed by atoms with E-state index < -0.39 is 11.8 Å². The van der Waals surface area contributed by atoms with Gasteiger partial charge in [-0.05, 0) is 66.0 Å². The maximum atomic E-state index is 12.9. The number of thiophene rings is 1. The van der Waals surface area contributed by atoms with E-state index in [9.17, 15) is 19.5 Å². The van der Waals surface area contributed by atoms with E-state index in [1.807, 2.05) is 11.4 Å². The first-order valence-electron chi connectivity index (χ1n) is 9.94. The first-order chi connectivity index (χ1) is 16.0. The molecule has 7 nitrogen and oxygen atoms in total. The molecule has 4 aromatic rings. The number of rotatable bonds is 5. The number of benzene rings is 3. The number of nitrogens with one attached hydrogen (secondary N) is 1. The SMILES string of the molecule is O=C(Nc1cccc(Oc2ccc3c(c2)C(=O)N(c2ccc(O)cc2)C3=O)c1)c1cccs1. The van der Waals surface area contributed by atoms with Crippen LogP contribution in [0.1, 0.15) is 30.4 Å². The van der Waals surface area contributed by atoms with Crippen molar-refractivity contribution in [2.75, 3.05) is 10.2 Å². The van der Waals surface area contributed by atoms with Gasteiger partial charge in [-0.25, -0.2) is 4.90 Å². The summed E-state index contributed by atoms with van der Waals surface area (Å²) >= 11 is 1.35. The summed E-state index contributed by atoms with van der Waals surface area (Å²) in [5.74, 6) is -0.234. The van der Waals surface area contributed by atoms with Crippen molar-refractivity contribution in [3.05, 3.63) is 100 Å². The molecule has 162 valence electrons. The summed E-state index contributed by atoms with van der Waals surface area (Å²) in [5, 5.41) is 14.1. The van der Waals surface area contributed by atoms with Gasteiger partial charge in [-0.15, -0.1) is 11.3 Å². The van der Waals surface area contributed by atoms with E-state index in [4.69, 9.17) is 4.74 Å². The summed E-state index contributed by atoms with van der Waals surface area (Å²) in [6.07, 6.45) is 0. The van der Waals surface area contributed by atoms with Crippen LogP contribution in [-0.4, -0.2) is 22.8 Å². The number of hydrogen-bond donors (Lipinski definition) is 2. The van der Waals surface area contributed by atoms with Crippen molar-refractivity contribution in [2.24, 2.45) is 0 Å². The number of anilines is 2. The molecule has 0 unspecified atom stereocenters. The molecule has 0 saturated heterocycles. The summed E-state index contributed by atoms with van der Waals surface area (Å²) < 4.78 is 5.89. The second-order valence-electron chi connectivity index (χ2n) is 7.23. The molecule has 2 N–H and O–H groups in total. The topological polar surface area (TPSA) is 95.9 Å². The fraction of sp³-hybridized carbons (Fsp3) is 0. The lowest BCUT2D eigenvalue weighted by molar-refractivity contribution is 0.0924. The number of carbonyl (C=O) groups is 3. The van der Waals surface area contributed by atoms with Crippen LogP contribution in [0.15, 0.2) is 84.2 Å². The summed E-state index contributed by atoms with van der Waals surface area (Å²) in [5.41, 5.74) is 1.44. The average molecular weight is 456 g/mol. The van der Waals surface area contributed by atoms with Gasteiger partial charge in [0.25, 0.3) is 17.7 Å². The molecule has 0 bridgehead atoms. The summed E-state index contributed by atoms with van der Waals surface area (Å²) in [7, 11) is 0. The third kappa shape index (κ3) is 3.95. The molecule has 0 fully saturated rings. The van der Waals surface area contributed by atoms with Crippen molar-refractivity contribution in [3.63, 3.8) is 0 Å². The largest absolute Gasteiger partial charge is 0.508 e. The number of imide groups is 1. The summed E-state index contributed by atoms with van der Waals surface area (Å²) in [6.45, 7) is 0. The molecule has 0 atom stereocenters. The molecule has 2 heterocycles. The van der Waals surface area contributed by atoms with Crippen molar-refractivity contribution < 1.29 is 24.2 Å². The minimum Gasteiger partial charge on any atom is -0.508 e. The van der Waals surface area contributed by atoms with Crippen LogP contribution in [0.5, 0.6) is 17.2 Å². The number of fused-ring (bicyclic) bond motifs is 1. The number of carbonyl (C=O) groups excluding carboxylic acids is 3. The third-order valence-electron chi connectivity index (χ3n) is 5.04. The molecule has 0 radical (unpaired) electrons. The second kappa shape index (κ2) is 8.25. The van der Waals surface area contributed by atoms with Gasteiger partial charge in [0.1, 0.15) is 17.2 Å². The molecule has 1 aliphatic rings. The predicted molar refractivity (Wildman–Crippen MR) is 124 cm³/mol. The Bertz CT molecular complexity index is 1380. The van der Waals surface area contributed by atoms with E-state index in [1.165, 1.54) is 41.7 Å². The van der Waals surface area contributed by atoms with Crippen molar-refractivity contribution in [3.8, 4) is 17.2 Å². The Kier molecular flexibility index (Phi) is 5.12. The van der Waals surface area contributed by atoms with E-state index in [0.717, 1.165) is 4.90 Å². The van der Waals surface area contributed by atoms with Crippen LogP contribution in [-0.2, 0) is 0 Å². The molecule has 3 amide bonds. The van der Waals surface area contributed by atoms with Crippen molar-refractivity contribution in [2.45, 2.75) is 0 Å². The smallest absolute Gasteiger partial charge is 0.266 e. The van der Waals surface area contributed by atoms with Gasteiger partial charge in [0.2, 0.25) is 0 Å². The minimum absolute atomic E-state index is 0.0415. The van der Waals surface area contributed by atoms with Crippen LogP contribution < -0.4 is 15.0 Å². The van der Waals surface area contributed by atoms with Crippen LogP contribution in [0.3, 0.4) is 0 Å². The molecule has 8 heteroatoms. The zero-order valence-corrected chi connectivity index (χ0v) is 17.8. The number of phenolic OH excluding ortho intramolecular Hbond substituents is 1. The third-order valence-corrected chi connectivity index (χ3v) is 5.91. The monoisotopic (exact) mass is 456 g/mol. The van der Waals surface area contributed by atoms with Crippen LogP contribution in [0, 0.1) is 0 Å². The average Bonchev–Trinajstić information content (AvgIpc) is 3.43. The molecule has 33 heavy (non-hydrogen) atoms. The van der Waals surface area contributed by atoms with Gasteiger partial charge in [-0.2, -0.15) is 0 Å². The van der Waals surface area contributed by atoms with Gasteiger partial charge in [0.05, 0.1) is 21.7 Å². The lowest BCUT2D eigenvalue weighted by Crippen LogP contribution is -2.29. The van der Waals surface area contributed by atoms with Gasteiger partial charge in [0, 0.05) is 11.8 Å². The molecule has 1 aromatic heterocycles. The Labute approximate surface area is 192 Å². The zero-order chi connectivity index (χ0) is 22.9. The Morgan fingerprint density at radius 3 is 2.36 bits per heavy atom. The minimum atomic E-state index is -0.469. The van der Waals surface area contributed by atoms with E-state index in [-0.39, 0.29) is 22.8 Å².